The Balaban J connectivity index is 1.49. The maximum Gasteiger partial charge on any atom is 0.265 e. The van der Waals surface area contributed by atoms with E-state index in [0.717, 1.165) is 46.4 Å². The number of methoxy groups -OCH3 is 1. The summed E-state index contributed by atoms with van der Waals surface area (Å²) >= 11 is 7.42. The van der Waals surface area contributed by atoms with Crippen LogP contribution in [0, 0.1) is 6.92 Å². The van der Waals surface area contributed by atoms with E-state index in [1.54, 1.807) is 7.11 Å². The van der Waals surface area contributed by atoms with Gasteiger partial charge >= 0.3 is 0 Å². The van der Waals surface area contributed by atoms with Crippen LogP contribution in [0.1, 0.15) is 33.3 Å². The van der Waals surface area contributed by atoms with E-state index in [9.17, 15) is 4.79 Å². The molecule has 144 valence electrons. The second kappa shape index (κ2) is 7.94. The molecule has 6 heteroatoms. The monoisotopic (exact) mass is 412 g/mol. The fourth-order valence-corrected chi connectivity index (χ4v) is 4.71. The molecule has 4 nitrogen and oxygen atoms in total. The van der Waals surface area contributed by atoms with Crippen LogP contribution in [0.5, 0.6) is 5.75 Å². The smallest absolute Gasteiger partial charge is 0.265 e. The van der Waals surface area contributed by atoms with Gasteiger partial charge in [0.15, 0.2) is 0 Å². The Bertz CT molecular complexity index is 983. The highest BCUT2D eigenvalue weighted by atomic mass is 35.5. The van der Waals surface area contributed by atoms with E-state index in [-0.39, 0.29) is 5.91 Å². The largest absolute Gasteiger partial charge is 0.497 e. The molecular formula is C22H21ClN2O2S. The number of hydrogen-bond acceptors (Lipinski definition) is 4. The Morgan fingerprint density at radius 3 is 2.57 bits per heavy atom. The lowest BCUT2D eigenvalue weighted by Crippen LogP contribution is -2.28. The number of aromatic nitrogens is 1. The topological polar surface area (TPSA) is 42.4 Å². The van der Waals surface area contributed by atoms with Gasteiger partial charge in [-0.05, 0) is 43.2 Å². The number of carbonyl (C=O) groups is 1. The molecule has 0 bridgehead atoms. The number of carbonyl (C=O) groups excluding carboxylic acids is 1. The Hall–Kier alpha value is -2.37. The van der Waals surface area contributed by atoms with Gasteiger partial charge in [0.25, 0.3) is 5.91 Å². The second-order valence-electron chi connectivity index (χ2n) is 6.95. The van der Waals surface area contributed by atoms with Crippen LogP contribution in [0.4, 0.5) is 0 Å². The molecule has 1 atom stereocenters. The number of rotatable bonds is 4. The van der Waals surface area contributed by atoms with Crippen molar-refractivity contribution in [3.05, 3.63) is 69.7 Å². The van der Waals surface area contributed by atoms with Crippen molar-refractivity contribution in [1.82, 2.24) is 9.88 Å². The van der Waals surface area contributed by atoms with Gasteiger partial charge in [-0.15, -0.1) is 11.3 Å². The highest BCUT2D eigenvalue weighted by Gasteiger charge is 2.30. The SMILES string of the molecule is COc1ccc(C2CCN(C(=O)c3sc(-c4ccc(Cl)cc4)nc3C)C2)cc1. The summed E-state index contributed by atoms with van der Waals surface area (Å²) in [7, 11) is 1.67. The second-order valence-corrected chi connectivity index (χ2v) is 8.39. The highest BCUT2D eigenvalue weighted by Crippen LogP contribution is 2.33. The quantitative estimate of drug-likeness (QED) is 0.575. The van der Waals surface area contributed by atoms with Crippen LogP contribution in [0.25, 0.3) is 10.6 Å². The third-order valence-corrected chi connectivity index (χ3v) is 6.59. The number of halogens is 1. The summed E-state index contributed by atoms with van der Waals surface area (Å²) in [4.78, 5) is 20.4. The minimum Gasteiger partial charge on any atom is -0.497 e. The number of aryl methyl sites for hydroxylation is 1. The molecule has 1 aliphatic heterocycles. The van der Waals surface area contributed by atoms with E-state index in [0.29, 0.717) is 10.9 Å². The van der Waals surface area contributed by atoms with Gasteiger partial charge < -0.3 is 9.64 Å². The first kappa shape index (κ1) is 19.0. The lowest BCUT2D eigenvalue weighted by atomic mass is 9.98. The number of hydrogen-bond donors (Lipinski definition) is 0. The third-order valence-electron chi connectivity index (χ3n) is 5.14. The number of nitrogens with zero attached hydrogens (tertiary/aromatic N) is 2. The van der Waals surface area contributed by atoms with E-state index in [1.807, 2.05) is 48.2 Å². The van der Waals surface area contributed by atoms with Gasteiger partial charge in [0.05, 0.1) is 12.8 Å². The minimum absolute atomic E-state index is 0.0752. The average Bonchev–Trinajstić information content (AvgIpc) is 3.35. The standard InChI is InChI=1S/C22H21ClN2O2S/c1-14-20(28-21(24-14)16-3-7-18(23)8-4-16)22(26)25-12-11-17(13-25)15-5-9-19(27-2)10-6-15/h3-10,17H,11-13H2,1-2H3. The number of amides is 1. The minimum atomic E-state index is 0.0752. The van der Waals surface area contributed by atoms with Gasteiger partial charge in [-0.2, -0.15) is 0 Å². The van der Waals surface area contributed by atoms with Crippen LogP contribution < -0.4 is 4.74 Å². The summed E-state index contributed by atoms with van der Waals surface area (Å²) in [6, 6.07) is 15.7. The first-order valence-corrected chi connectivity index (χ1v) is 10.4. The van der Waals surface area contributed by atoms with Crippen LogP contribution >= 0.6 is 22.9 Å². The van der Waals surface area contributed by atoms with Crippen LogP contribution in [-0.4, -0.2) is 36.0 Å². The Labute approximate surface area is 173 Å². The first-order valence-electron chi connectivity index (χ1n) is 9.21. The van der Waals surface area contributed by atoms with Gasteiger partial charge in [-0.25, -0.2) is 4.98 Å². The van der Waals surface area contributed by atoms with E-state index in [1.165, 1.54) is 16.9 Å². The van der Waals surface area contributed by atoms with Gasteiger partial charge in [-0.1, -0.05) is 35.9 Å². The number of benzene rings is 2. The van der Waals surface area contributed by atoms with Crippen molar-refractivity contribution < 1.29 is 9.53 Å². The lowest BCUT2D eigenvalue weighted by molar-refractivity contribution is 0.0794. The van der Waals surface area contributed by atoms with E-state index < -0.39 is 0 Å². The zero-order valence-corrected chi connectivity index (χ0v) is 17.4. The van der Waals surface area contributed by atoms with E-state index in [4.69, 9.17) is 16.3 Å². The van der Waals surface area contributed by atoms with Crippen molar-refractivity contribution in [1.29, 1.82) is 0 Å². The van der Waals surface area contributed by atoms with Crippen LogP contribution in [0.2, 0.25) is 5.02 Å². The maximum atomic E-state index is 13.1. The fraction of sp³-hybridized carbons (Fsp3) is 0.273. The lowest BCUT2D eigenvalue weighted by Gasteiger charge is -2.16. The molecule has 1 amide bonds. The number of likely N-dealkylation sites (tertiary alicyclic amines) is 1. The molecule has 2 heterocycles. The molecule has 1 saturated heterocycles. The molecule has 0 aliphatic carbocycles. The summed E-state index contributed by atoms with van der Waals surface area (Å²) in [5.41, 5.74) is 3.01. The highest BCUT2D eigenvalue weighted by molar-refractivity contribution is 7.17. The Morgan fingerprint density at radius 1 is 1.18 bits per heavy atom. The Kier molecular flexibility index (Phi) is 5.38. The molecule has 2 aromatic carbocycles. The summed E-state index contributed by atoms with van der Waals surface area (Å²) in [6.45, 7) is 3.40. The predicted octanol–water partition coefficient (Wildman–Crippen LogP) is 5.41. The van der Waals surface area contributed by atoms with Crippen molar-refractivity contribution in [2.45, 2.75) is 19.3 Å². The summed E-state index contributed by atoms with van der Waals surface area (Å²) < 4.78 is 5.23. The van der Waals surface area contributed by atoms with Gasteiger partial charge in [0.2, 0.25) is 0 Å². The molecule has 28 heavy (non-hydrogen) atoms. The number of thiazole rings is 1. The average molecular weight is 413 g/mol. The van der Waals surface area contributed by atoms with Crippen LogP contribution in [-0.2, 0) is 0 Å². The predicted molar refractivity (Wildman–Crippen MR) is 114 cm³/mol. The molecule has 4 rings (SSSR count). The van der Waals surface area contributed by atoms with Crippen molar-refractivity contribution in [2.75, 3.05) is 20.2 Å². The molecule has 0 N–H and O–H groups in total. The normalized spacial score (nSPS) is 16.4. The zero-order chi connectivity index (χ0) is 19.7. The van der Waals surface area contributed by atoms with Crippen LogP contribution in [0.15, 0.2) is 48.5 Å². The molecule has 0 radical (unpaired) electrons. The number of ether oxygens (including phenoxy) is 1. The van der Waals surface area contributed by atoms with Crippen molar-refractivity contribution in [3.8, 4) is 16.3 Å². The summed E-state index contributed by atoms with van der Waals surface area (Å²) in [5.74, 6) is 1.29. The van der Waals surface area contributed by atoms with Gasteiger partial charge in [0.1, 0.15) is 15.6 Å². The van der Waals surface area contributed by atoms with Crippen molar-refractivity contribution in [3.63, 3.8) is 0 Å². The molecule has 1 aromatic heterocycles. The molecule has 1 fully saturated rings. The fourth-order valence-electron chi connectivity index (χ4n) is 3.55. The summed E-state index contributed by atoms with van der Waals surface area (Å²) in [6.07, 6.45) is 0.972. The molecule has 1 unspecified atom stereocenters. The molecular weight excluding hydrogens is 392 g/mol. The molecule has 1 aliphatic rings. The summed E-state index contributed by atoms with van der Waals surface area (Å²) in [5, 5.41) is 1.54. The van der Waals surface area contributed by atoms with Gasteiger partial charge in [0, 0.05) is 29.6 Å². The molecule has 0 spiro atoms. The first-order chi connectivity index (χ1) is 13.5. The third kappa shape index (κ3) is 3.77. The maximum absolute atomic E-state index is 13.1. The van der Waals surface area contributed by atoms with E-state index >= 15 is 0 Å². The zero-order valence-electron chi connectivity index (χ0n) is 15.8. The van der Waals surface area contributed by atoms with E-state index in [2.05, 4.69) is 17.1 Å². The van der Waals surface area contributed by atoms with Crippen molar-refractivity contribution in [2.24, 2.45) is 0 Å². The molecule has 3 aromatic rings. The van der Waals surface area contributed by atoms with Crippen molar-refractivity contribution >= 4 is 28.8 Å². The molecule has 0 saturated carbocycles. The van der Waals surface area contributed by atoms with Gasteiger partial charge in [-0.3, -0.25) is 4.79 Å². The Morgan fingerprint density at radius 2 is 1.89 bits per heavy atom. The van der Waals surface area contributed by atoms with Crippen LogP contribution in [0.3, 0.4) is 0 Å².